The lowest BCUT2D eigenvalue weighted by molar-refractivity contribution is 0.0774. The van der Waals surface area contributed by atoms with E-state index in [9.17, 15) is 23.4 Å². The Kier molecular flexibility index (Phi) is 14.5. The fourth-order valence-corrected chi connectivity index (χ4v) is 6.75. The zero-order valence-corrected chi connectivity index (χ0v) is 28.4. The van der Waals surface area contributed by atoms with Crippen LogP contribution in [0.1, 0.15) is 54.6 Å². The number of allylic oxidation sites excluding steroid dienone is 2. The van der Waals surface area contributed by atoms with E-state index in [-0.39, 0.29) is 41.6 Å². The molecule has 0 saturated heterocycles. The van der Waals surface area contributed by atoms with Gasteiger partial charge in [-0.05, 0) is 92.1 Å². The molecule has 3 N–H and O–H groups in total. The third kappa shape index (κ3) is 11.0. The van der Waals surface area contributed by atoms with Gasteiger partial charge in [-0.15, -0.1) is 13.2 Å². The van der Waals surface area contributed by atoms with Gasteiger partial charge in [0.25, 0.3) is 5.91 Å². The highest BCUT2D eigenvalue weighted by molar-refractivity contribution is 7.89. The monoisotopic (exact) mass is 664 g/mol. The van der Waals surface area contributed by atoms with E-state index in [1.807, 2.05) is 44.2 Å². The Hall–Kier alpha value is -4.12. The Balaban J connectivity index is 1.92. The van der Waals surface area contributed by atoms with Crippen molar-refractivity contribution >= 4 is 15.9 Å². The number of aliphatic hydroxyl groups excluding tert-OH is 1. The van der Waals surface area contributed by atoms with Crippen LogP contribution < -0.4 is 14.8 Å². The highest BCUT2D eigenvalue weighted by atomic mass is 32.2. The number of hydrogen-bond donors (Lipinski definition) is 3. The van der Waals surface area contributed by atoms with E-state index in [4.69, 9.17) is 9.47 Å². The van der Waals surface area contributed by atoms with Gasteiger partial charge >= 0.3 is 0 Å². The molecule has 3 aromatic rings. The minimum atomic E-state index is -4.00. The van der Waals surface area contributed by atoms with Gasteiger partial charge in [-0.25, -0.2) is 8.42 Å². The van der Waals surface area contributed by atoms with Crippen LogP contribution in [0.5, 0.6) is 17.2 Å². The van der Waals surface area contributed by atoms with Crippen molar-refractivity contribution in [3.63, 3.8) is 0 Å². The number of unbranched alkanes of at least 4 members (excludes halogenated alkanes) is 1. The molecule has 2 atom stereocenters. The second-order valence-electron chi connectivity index (χ2n) is 11.8. The van der Waals surface area contributed by atoms with Crippen molar-refractivity contribution in [2.45, 2.75) is 63.0 Å². The molecule has 0 aliphatic carbocycles. The van der Waals surface area contributed by atoms with E-state index in [0.29, 0.717) is 36.5 Å². The van der Waals surface area contributed by atoms with Gasteiger partial charge in [0.2, 0.25) is 10.0 Å². The molecule has 0 radical (unpaired) electrons. The van der Waals surface area contributed by atoms with Gasteiger partial charge in [-0.1, -0.05) is 44.2 Å². The first-order valence-corrected chi connectivity index (χ1v) is 17.3. The molecule has 0 aromatic heterocycles. The van der Waals surface area contributed by atoms with Gasteiger partial charge in [0, 0.05) is 24.2 Å². The van der Waals surface area contributed by atoms with Crippen LogP contribution in [0.25, 0.3) is 0 Å². The van der Waals surface area contributed by atoms with Crippen LogP contribution in [-0.2, 0) is 22.9 Å². The predicted molar refractivity (Wildman–Crippen MR) is 186 cm³/mol. The Morgan fingerprint density at radius 2 is 1.62 bits per heavy atom. The Morgan fingerprint density at radius 1 is 0.957 bits per heavy atom. The number of methoxy groups -OCH3 is 1. The average Bonchev–Trinajstić information content (AvgIpc) is 3.05. The van der Waals surface area contributed by atoms with Crippen LogP contribution >= 0.6 is 0 Å². The van der Waals surface area contributed by atoms with Gasteiger partial charge in [0.1, 0.15) is 17.2 Å². The van der Waals surface area contributed by atoms with E-state index >= 15 is 0 Å². The van der Waals surface area contributed by atoms with Gasteiger partial charge < -0.3 is 25.0 Å². The fraction of sp³-hybridized carbons (Fsp3) is 0.378. The summed E-state index contributed by atoms with van der Waals surface area (Å²) in [5.74, 6) is 0.685. The van der Waals surface area contributed by atoms with Crippen LogP contribution in [-0.4, -0.2) is 67.8 Å². The number of phenolic OH excluding ortho intramolecular Hbond substituents is 1. The normalized spacial score (nSPS) is 12.8. The van der Waals surface area contributed by atoms with Crippen molar-refractivity contribution in [2.24, 2.45) is 5.92 Å². The molecule has 0 aliphatic heterocycles. The molecule has 47 heavy (non-hydrogen) atoms. The molecule has 0 unspecified atom stereocenters. The molecular formula is C37H48N2O7S. The van der Waals surface area contributed by atoms with Crippen molar-refractivity contribution < 1.29 is 32.9 Å². The number of nitrogens with zero attached hydrogens (tertiary/aromatic N) is 1. The first kappa shape index (κ1) is 37.3. The summed E-state index contributed by atoms with van der Waals surface area (Å²) < 4.78 is 39.9. The molecule has 0 saturated carbocycles. The van der Waals surface area contributed by atoms with E-state index < -0.39 is 28.1 Å². The molecule has 9 nitrogen and oxygen atoms in total. The maximum Gasteiger partial charge on any atom is 0.252 e. The number of carbonyl (C=O) groups is 1. The van der Waals surface area contributed by atoms with Crippen molar-refractivity contribution in [3.05, 3.63) is 109 Å². The number of hydrogen-bond acceptors (Lipinski definition) is 7. The molecule has 0 bridgehead atoms. The lowest BCUT2D eigenvalue weighted by Gasteiger charge is -2.31. The number of ether oxygens (including phenoxy) is 2. The van der Waals surface area contributed by atoms with Crippen molar-refractivity contribution in [2.75, 3.05) is 26.8 Å². The SMILES string of the molecule is C=CCCCOc1ccc(C[C@H](NC(=O)c2cccc(O)c2CCC=C)[C@H](O)CN(CC(C)C)S(=O)(=O)c2ccc(OC)cc2)cc1. The number of phenols is 1. The average molecular weight is 665 g/mol. The first-order valence-electron chi connectivity index (χ1n) is 15.9. The quantitative estimate of drug-likeness (QED) is 0.101. The van der Waals surface area contributed by atoms with Crippen LogP contribution in [0.2, 0.25) is 0 Å². The molecule has 254 valence electrons. The number of benzene rings is 3. The van der Waals surface area contributed by atoms with Gasteiger partial charge in [-0.2, -0.15) is 4.31 Å². The maximum atomic E-state index is 13.8. The van der Waals surface area contributed by atoms with E-state index in [1.165, 1.54) is 29.6 Å². The number of amides is 1. The molecule has 0 aliphatic rings. The summed E-state index contributed by atoms with van der Waals surface area (Å²) in [7, 11) is -2.50. The number of carbonyl (C=O) groups excluding carboxylic acids is 1. The topological polar surface area (TPSA) is 125 Å². The van der Waals surface area contributed by atoms with E-state index in [2.05, 4.69) is 18.5 Å². The van der Waals surface area contributed by atoms with Crippen LogP contribution in [0.4, 0.5) is 0 Å². The second kappa shape index (κ2) is 18.3. The minimum Gasteiger partial charge on any atom is -0.508 e. The smallest absolute Gasteiger partial charge is 0.252 e. The molecule has 0 spiro atoms. The summed E-state index contributed by atoms with van der Waals surface area (Å²) in [5.41, 5.74) is 1.56. The highest BCUT2D eigenvalue weighted by Crippen LogP contribution is 2.25. The van der Waals surface area contributed by atoms with Gasteiger partial charge in [-0.3, -0.25) is 4.79 Å². The lowest BCUT2D eigenvalue weighted by atomic mass is 9.98. The zero-order valence-electron chi connectivity index (χ0n) is 27.6. The van der Waals surface area contributed by atoms with Crippen LogP contribution in [0, 0.1) is 5.92 Å². The van der Waals surface area contributed by atoms with Crippen LogP contribution in [0.3, 0.4) is 0 Å². The second-order valence-corrected chi connectivity index (χ2v) is 13.7. The summed E-state index contributed by atoms with van der Waals surface area (Å²) in [6.45, 7) is 11.7. The van der Waals surface area contributed by atoms with E-state index in [0.717, 1.165) is 18.4 Å². The molecule has 3 aromatic carbocycles. The predicted octanol–water partition coefficient (Wildman–Crippen LogP) is 5.91. The maximum absolute atomic E-state index is 13.8. The third-order valence-electron chi connectivity index (χ3n) is 7.63. The lowest BCUT2D eigenvalue weighted by Crippen LogP contribution is -2.51. The number of nitrogens with one attached hydrogen (secondary N) is 1. The number of sulfonamides is 1. The van der Waals surface area contributed by atoms with Crippen molar-refractivity contribution in [3.8, 4) is 17.2 Å². The largest absolute Gasteiger partial charge is 0.508 e. The number of rotatable bonds is 20. The molecule has 1 amide bonds. The summed E-state index contributed by atoms with van der Waals surface area (Å²) in [6.07, 6.45) is 5.14. The Bertz CT molecular complexity index is 1550. The summed E-state index contributed by atoms with van der Waals surface area (Å²) in [6, 6.07) is 17.3. The van der Waals surface area contributed by atoms with Crippen LogP contribution in [0.15, 0.2) is 96.9 Å². The fourth-order valence-electron chi connectivity index (χ4n) is 5.13. The van der Waals surface area contributed by atoms with Crippen molar-refractivity contribution in [1.82, 2.24) is 9.62 Å². The van der Waals surface area contributed by atoms with E-state index in [1.54, 1.807) is 30.3 Å². The molecule has 0 heterocycles. The zero-order chi connectivity index (χ0) is 34.4. The minimum absolute atomic E-state index is 0.00558. The molecule has 0 fully saturated rings. The summed E-state index contributed by atoms with van der Waals surface area (Å²) in [5, 5.41) is 25.2. The molecule has 3 rings (SSSR count). The van der Waals surface area contributed by atoms with Gasteiger partial charge in [0.05, 0.1) is 30.8 Å². The number of aromatic hydroxyl groups is 1. The standard InChI is InChI=1S/C37H48N2O7S/c1-6-8-10-23-46-30-17-15-28(16-18-30)24-34(38-37(42)33-13-11-14-35(40)32(33)12-9-7-2)36(41)26-39(25-27(3)4)47(43,44)31-21-19-29(45-5)20-22-31/h6-7,11,13-22,27,34,36,40-41H,1-2,8-10,12,23-26H2,3-5H3,(H,38,42)/t34-,36+/m0/s1. The first-order chi connectivity index (χ1) is 22.5. The summed E-state index contributed by atoms with van der Waals surface area (Å²) >= 11 is 0. The Morgan fingerprint density at radius 3 is 2.23 bits per heavy atom. The molecular weight excluding hydrogens is 616 g/mol. The third-order valence-corrected chi connectivity index (χ3v) is 9.48. The highest BCUT2D eigenvalue weighted by Gasteiger charge is 2.32. The Labute approximate surface area is 279 Å². The number of aliphatic hydroxyl groups is 1. The van der Waals surface area contributed by atoms with Crippen molar-refractivity contribution in [1.29, 1.82) is 0 Å². The van der Waals surface area contributed by atoms with Gasteiger partial charge in [0.15, 0.2) is 0 Å². The molecule has 10 heteroatoms. The summed E-state index contributed by atoms with van der Waals surface area (Å²) in [4.78, 5) is 13.8.